The van der Waals surface area contributed by atoms with Gasteiger partial charge in [-0.25, -0.2) is 0 Å². The number of hydrogen-bond donors (Lipinski definition) is 1. The summed E-state index contributed by atoms with van der Waals surface area (Å²) in [6.45, 7) is 1.63. The van der Waals surface area contributed by atoms with Crippen LogP contribution in [-0.2, 0) is 4.79 Å². The second-order valence-electron chi connectivity index (χ2n) is 5.60. The van der Waals surface area contributed by atoms with Crippen molar-refractivity contribution in [2.24, 2.45) is 17.6 Å². The van der Waals surface area contributed by atoms with Gasteiger partial charge in [-0.1, -0.05) is 24.1 Å². The zero-order valence-electron chi connectivity index (χ0n) is 12.4. The first-order valence-electron chi connectivity index (χ1n) is 7.45. The van der Waals surface area contributed by atoms with Crippen LogP contribution in [0.4, 0.5) is 0 Å². The number of halogens is 1. The summed E-state index contributed by atoms with van der Waals surface area (Å²) in [6.07, 6.45) is 3.13. The van der Waals surface area contributed by atoms with Gasteiger partial charge >= 0.3 is 0 Å². The molecule has 1 aromatic carbocycles. The smallest absolute Gasteiger partial charge is 0.225 e. The lowest BCUT2D eigenvalue weighted by Crippen LogP contribution is -2.38. The molecule has 0 aliphatic heterocycles. The zero-order valence-corrected chi connectivity index (χ0v) is 13.2. The quantitative estimate of drug-likeness (QED) is 0.878. The minimum atomic E-state index is 0.0890. The lowest BCUT2D eigenvalue weighted by molar-refractivity contribution is -0.135. The normalized spacial score (nSPS) is 21.3. The molecule has 1 aliphatic rings. The maximum absolute atomic E-state index is 12.4. The van der Waals surface area contributed by atoms with Gasteiger partial charge in [0.25, 0.3) is 0 Å². The van der Waals surface area contributed by atoms with E-state index in [0.717, 1.165) is 25.0 Å². The third kappa shape index (κ3) is 4.35. The molecule has 0 spiro atoms. The Kier molecular flexibility index (Phi) is 5.88. The topological polar surface area (TPSA) is 55.6 Å². The molecule has 1 aliphatic carbocycles. The van der Waals surface area contributed by atoms with E-state index in [1.165, 1.54) is 0 Å². The highest BCUT2D eigenvalue weighted by Gasteiger charge is 2.33. The Balaban J connectivity index is 1.79. The van der Waals surface area contributed by atoms with E-state index in [4.69, 9.17) is 22.1 Å². The summed E-state index contributed by atoms with van der Waals surface area (Å²) in [5.41, 5.74) is 5.74. The molecule has 1 amide bonds. The molecule has 0 unspecified atom stereocenters. The van der Waals surface area contributed by atoms with E-state index in [9.17, 15) is 4.79 Å². The highest BCUT2D eigenvalue weighted by Crippen LogP contribution is 2.32. The van der Waals surface area contributed by atoms with Crippen LogP contribution in [0.25, 0.3) is 0 Å². The van der Waals surface area contributed by atoms with Gasteiger partial charge in [0.2, 0.25) is 5.91 Å². The number of likely N-dealkylation sites (N-methyl/N-ethyl adjacent to an activating group) is 1. The molecule has 5 heteroatoms. The molecule has 1 aromatic rings. The molecule has 0 aromatic heterocycles. The number of ether oxygens (including phenoxy) is 1. The highest BCUT2D eigenvalue weighted by molar-refractivity contribution is 6.30. The average molecular weight is 311 g/mol. The predicted octanol–water partition coefficient (Wildman–Crippen LogP) is 2.55. The predicted molar refractivity (Wildman–Crippen MR) is 84.5 cm³/mol. The molecule has 0 radical (unpaired) electrons. The summed E-state index contributed by atoms with van der Waals surface area (Å²) in [6, 6.07) is 7.27. The van der Waals surface area contributed by atoms with E-state index in [1.54, 1.807) is 17.0 Å². The number of carbonyl (C=O) groups is 1. The van der Waals surface area contributed by atoms with Crippen LogP contribution < -0.4 is 10.5 Å². The minimum absolute atomic E-state index is 0.0890. The molecule has 2 N–H and O–H groups in total. The fourth-order valence-electron chi connectivity index (χ4n) is 2.89. The molecule has 0 bridgehead atoms. The van der Waals surface area contributed by atoms with Gasteiger partial charge in [-0.2, -0.15) is 0 Å². The minimum Gasteiger partial charge on any atom is -0.492 e. The first-order valence-corrected chi connectivity index (χ1v) is 7.83. The number of benzene rings is 1. The molecule has 21 heavy (non-hydrogen) atoms. The maximum atomic E-state index is 12.4. The third-order valence-electron chi connectivity index (χ3n) is 4.15. The number of amides is 1. The fraction of sp³-hybridized carbons (Fsp3) is 0.562. The largest absolute Gasteiger partial charge is 0.492 e. The van der Waals surface area contributed by atoms with Crippen molar-refractivity contribution >= 4 is 17.5 Å². The van der Waals surface area contributed by atoms with Crippen molar-refractivity contribution in [2.75, 3.05) is 26.7 Å². The Morgan fingerprint density at radius 3 is 3.00 bits per heavy atom. The van der Waals surface area contributed by atoms with E-state index in [2.05, 4.69) is 0 Å². The van der Waals surface area contributed by atoms with Crippen molar-refractivity contribution < 1.29 is 9.53 Å². The Bertz CT molecular complexity index is 481. The van der Waals surface area contributed by atoms with Crippen molar-refractivity contribution in [3.05, 3.63) is 29.3 Å². The monoisotopic (exact) mass is 310 g/mol. The zero-order chi connectivity index (χ0) is 15.2. The Hall–Kier alpha value is -1.26. The van der Waals surface area contributed by atoms with Gasteiger partial charge in [0.05, 0.1) is 6.54 Å². The van der Waals surface area contributed by atoms with Crippen LogP contribution in [-0.4, -0.2) is 37.6 Å². The number of carbonyl (C=O) groups excluding carboxylic acids is 1. The molecule has 116 valence electrons. The maximum Gasteiger partial charge on any atom is 0.225 e. The first-order chi connectivity index (χ1) is 10.1. The molecular weight excluding hydrogens is 288 g/mol. The average Bonchev–Trinajstić information content (AvgIpc) is 2.94. The molecule has 1 saturated carbocycles. The molecule has 1 fully saturated rings. The van der Waals surface area contributed by atoms with Crippen LogP contribution in [0.2, 0.25) is 5.02 Å². The summed E-state index contributed by atoms with van der Waals surface area (Å²) in [4.78, 5) is 14.2. The van der Waals surface area contributed by atoms with E-state index in [0.29, 0.717) is 30.6 Å². The summed E-state index contributed by atoms with van der Waals surface area (Å²) in [5, 5.41) is 0.647. The molecule has 0 saturated heterocycles. The number of nitrogens with zero attached hydrogens (tertiary/aromatic N) is 1. The fourth-order valence-corrected chi connectivity index (χ4v) is 3.07. The highest BCUT2D eigenvalue weighted by atomic mass is 35.5. The molecule has 2 rings (SSSR count). The Morgan fingerprint density at radius 1 is 1.48 bits per heavy atom. The summed E-state index contributed by atoms with van der Waals surface area (Å²) < 4.78 is 5.62. The number of nitrogens with two attached hydrogens (primary N) is 1. The van der Waals surface area contributed by atoms with Crippen molar-refractivity contribution in [1.82, 2.24) is 4.90 Å². The van der Waals surface area contributed by atoms with E-state index >= 15 is 0 Å². The molecule has 2 atom stereocenters. The van der Waals surface area contributed by atoms with Crippen LogP contribution >= 0.6 is 11.6 Å². The molecule has 0 heterocycles. The van der Waals surface area contributed by atoms with E-state index < -0.39 is 0 Å². The summed E-state index contributed by atoms with van der Waals surface area (Å²) in [5.74, 6) is 1.35. The van der Waals surface area contributed by atoms with Gasteiger partial charge in [-0.3, -0.25) is 4.79 Å². The SMILES string of the molecule is CN(CCOc1cccc(Cl)c1)C(=O)[C@@H]1CCC[C@@H]1CN. The Labute approximate surface area is 131 Å². The first kappa shape index (κ1) is 16.1. The number of hydrogen-bond acceptors (Lipinski definition) is 3. The van der Waals surface area contributed by atoms with Gasteiger partial charge in [-0.15, -0.1) is 0 Å². The van der Waals surface area contributed by atoms with E-state index in [-0.39, 0.29) is 11.8 Å². The second kappa shape index (κ2) is 7.66. The van der Waals surface area contributed by atoms with E-state index in [1.807, 2.05) is 19.2 Å². The van der Waals surface area contributed by atoms with Crippen LogP contribution in [0, 0.1) is 11.8 Å². The third-order valence-corrected chi connectivity index (χ3v) is 4.38. The second-order valence-corrected chi connectivity index (χ2v) is 6.04. The van der Waals surface area contributed by atoms with Gasteiger partial charge in [-0.05, 0) is 43.5 Å². The van der Waals surface area contributed by atoms with Crippen LogP contribution in [0.15, 0.2) is 24.3 Å². The summed E-state index contributed by atoms with van der Waals surface area (Å²) in [7, 11) is 1.83. The lowest BCUT2D eigenvalue weighted by Gasteiger charge is -2.24. The van der Waals surface area contributed by atoms with Crippen molar-refractivity contribution in [3.8, 4) is 5.75 Å². The molecule has 4 nitrogen and oxygen atoms in total. The summed E-state index contributed by atoms with van der Waals surface area (Å²) >= 11 is 5.90. The number of rotatable bonds is 6. The van der Waals surface area contributed by atoms with Crippen LogP contribution in [0.1, 0.15) is 19.3 Å². The van der Waals surface area contributed by atoms with Crippen molar-refractivity contribution in [2.45, 2.75) is 19.3 Å². The van der Waals surface area contributed by atoms with Crippen molar-refractivity contribution in [1.29, 1.82) is 0 Å². The molecular formula is C16H23ClN2O2. The van der Waals surface area contributed by atoms with Crippen LogP contribution in [0.5, 0.6) is 5.75 Å². The van der Waals surface area contributed by atoms with Gasteiger partial charge < -0.3 is 15.4 Å². The van der Waals surface area contributed by atoms with Crippen LogP contribution in [0.3, 0.4) is 0 Å². The van der Waals surface area contributed by atoms with Gasteiger partial charge in [0, 0.05) is 18.0 Å². The lowest BCUT2D eigenvalue weighted by atomic mass is 9.95. The Morgan fingerprint density at radius 2 is 2.29 bits per heavy atom. The van der Waals surface area contributed by atoms with Gasteiger partial charge in [0.1, 0.15) is 12.4 Å². The van der Waals surface area contributed by atoms with Crippen molar-refractivity contribution in [3.63, 3.8) is 0 Å². The van der Waals surface area contributed by atoms with Gasteiger partial charge in [0.15, 0.2) is 0 Å². The standard InChI is InChI=1S/C16H23ClN2O2/c1-19(16(20)15-7-2-4-12(15)11-18)8-9-21-14-6-3-5-13(17)10-14/h3,5-6,10,12,15H,2,4,7-9,11,18H2,1H3/t12-,15-/m1/s1.